The first-order valence-corrected chi connectivity index (χ1v) is 8.50. The van der Waals surface area contributed by atoms with Gasteiger partial charge >= 0.3 is 5.97 Å². The van der Waals surface area contributed by atoms with E-state index in [1.54, 1.807) is 11.0 Å². The number of rotatable bonds is 5. The molecule has 2 aliphatic rings. The molecule has 0 aromatic heterocycles. The van der Waals surface area contributed by atoms with E-state index in [1.807, 2.05) is 0 Å². The van der Waals surface area contributed by atoms with Gasteiger partial charge in [-0.3, -0.25) is 9.59 Å². The summed E-state index contributed by atoms with van der Waals surface area (Å²) in [6.45, 7) is 1.10. The van der Waals surface area contributed by atoms with Crippen LogP contribution in [0, 0.1) is 11.8 Å². The van der Waals surface area contributed by atoms with Gasteiger partial charge in [0.25, 0.3) is 0 Å². The second-order valence-electron chi connectivity index (χ2n) is 6.60. The normalized spacial score (nSPS) is 20.0. The average Bonchev–Trinajstić information content (AvgIpc) is 3.46. The number of likely N-dealkylation sites (tertiary alicyclic amines) is 1. The van der Waals surface area contributed by atoms with Gasteiger partial charge in [0.05, 0.1) is 24.3 Å². The van der Waals surface area contributed by atoms with E-state index in [0.29, 0.717) is 25.3 Å². The molecule has 7 nitrogen and oxygen atoms in total. The van der Waals surface area contributed by atoms with Crippen LogP contribution >= 0.6 is 0 Å². The largest absolute Gasteiger partial charge is 0.497 e. The molecule has 1 saturated heterocycles. The first-order chi connectivity index (χ1) is 12.0. The lowest BCUT2D eigenvalue weighted by atomic mass is 9.96. The highest BCUT2D eigenvalue weighted by atomic mass is 16.5. The van der Waals surface area contributed by atoms with Crippen molar-refractivity contribution in [2.24, 2.45) is 11.8 Å². The fraction of sp³-hybridized carbons (Fsp3) is 0.500. The third kappa shape index (κ3) is 3.92. The monoisotopic (exact) mass is 346 g/mol. The van der Waals surface area contributed by atoms with Crippen molar-refractivity contribution in [2.45, 2.75) is 25.7 Å². The Morgan fingerprint density at radius 3 is 2.60 bits per heavy atom. The van der Waals surface area contributed by atoms with Gasteiger partial charge in [-0.15, -0.1) is 0 Å². The van der Waals surface area contributed by atoms with Gasteiger partial charge in [-0.1, -0.05) is 0 Å². The Morgan fingerprint density at radius 2 is 1.96 bits per heavy atom. The zero-order chi connectivity index (χ0) is 18.0. The van der Waals surface area contributed by atoms with Crippen LogP contribution in [0.1, 0.15) is 36.0 Å². The minimum absolute atomic E-state index is 0.0191. The summed E-state index contributed by atoms with van der Waals surface area (Å²) < 4.78 is 5.03. The standard InChI is InChI=1S/C18H22N2O5/c1-25-13-6-7-15(14(9-13)18(23)24)19-16(21)12-3-2-8-20(10-12)17(22)11-4-5-11/h6-7,9,11-12H,2-5,8,10H2,1H3,(H,19,21)(H,23,24). The molecule has 2 fully saturated rings. The van der Waals surface area contributed by atoms with Gasteiger partial charge in [0, 0.05) is 19.0 Å². The summed E-state index contributed by atoms with van der Waals surface area (Å²) in [7, 11) is 1.45. The summed E-state index contributed by atoms with van der Waals surface area (Å²) in [5.41, 5.74) is 0.221. The van der Waals surface area contributed by atoms with Crippen molar-refractivity contribution in [2.75, 3.05) is 25.5 Å². The van der Waals surface area contributed by atoms with E-state index in [-0.39, 0.29) is 34.9 Å². The number of carbonyl (C=O) groups excluding carboxylic acids is 2. The molecule has 1 aromatic carbocycles. The van der Waals surface area contributed by atoms with E-state index < -0.39 is 5.97 Å². The Kier molecular flexibility index (Phi) is 4.92. The zero-order valence-corrected chi connectivity index (χ0v) is 14.2. The quantitative estimate of drug-likeness (QED) is 0.850. The summed E-state index contributed by atoms with van der Waals surface area (Å²) in [5, 5.41) is 12.0. The topological polar surface area (TPSA) is 95.9 Å². The minimum Gasteiger partial charge on any atom is -0.497 e. The number of carboxylic acid groups (broad SMARTS) is 1. The predicted molar refractivity (Wildman–Crippen MR) is 90.6 cm³/mol. The van der Waals surface area contributed by atoms with Crippen LogP contribution in [0.5, 0.6) is 5.75 Å². The van der Waals surface area contributed by atoms with Gasteiger partial charge in [-0.05, 0) is 43.9 Å². The maximum absolute atomic E-state index is 12.6. The number of amides is 2. The van der Waals surface area contributed by atoms with Crippen molar-refractivity contribution in [3.05, 3.63) is 23.8 Å². The molecule has 134 valence electrons. The third-order valence-electron chi connectivity index (χ3n) is 4.75. The lowest BCUT2D eigenvalue weighted by Crippen LogP contribution is -2.44. The van der Waals surface area contributed by atoms with Crippen LogP contribution in [0.3, 0.4) is 0 Å². The van der Waals surface area contributed by atoms with E-state index >= 15 is 0 Å². The molecule has 25 heavy (non-hydrogen) atoms. The lowest BCUT2D eigenvalue weighted by molar-refractivity contribution is -0.135. The molecular formula is C18H22N2O5. The summed E-state index contributed by atoms with van der Waals surface area (Å²) in [4.78, 5) is 38.0. The Hall–Kier alpha value is -2.57. The van der Waals surface area contributed by atoms with Gasteiger partial charge < -0.3 is 20.1 Å². The lowest BCUT2D eigenvalue weighted by Gasteiger charge is -2.32. The fourth-order valence-corrected chi connectivity index (χ4v) is 3.15. The molecule has 3 rings (SSSR count). The molecule has 2 amide bonds. The number of nitrogens with zero attached hydrogens (tertiary/aromatic N) is 1. The SMILES string of the molecule is COc1ccc(NC(=O)C2CCCN(C(=O)C3CC3)C2)c(C(=O)O)c1. The molecule has 0 spiro atoms. The van der Waals surface area contributed by atoms with Crippen molar-refractivity contribution in [3.8, 4) is 5.75 Å². The van der Waals surface area contributed by atoms with Crippen LogP contribution < -0.4 is 10.1 Å². The Bertz CT molecular complexity index is 699. The van der Waals surface area contributed by atoms with E-state index in [2.05, 4.69) is 5.32 Å². The van der Waals surface area contributed by atoms with E-state index in [9.17, 15) is 19.5 Å². The maximum atomic E-state index is 12.6. The molecular weight excluding hydrogens is 324 g/mol. The van der Waals surface area contributed by atoms with Gasteiger partial charge in [0.15, 0.2) is 0 Å². The second-order valence-corrected chi connectivity index (χ2v) is 6.60. The van der Waals surface area contributed by atoms with Gasteiger partial charge in [-0.2, -0.15) is 0 Å². The Labute approximate surface area is 146 Å². The van der Waals surface area contributed by atoms with Gasteiger partial charge in [-0.25, -0.2) is 4.79 Å². The van der Waals surface area contributed by atoms with Crippen LogP contribution in [0.15, 0.2) is 18.2 Å². The van der Waals surface area contributed by atoms with Crippen molar-refractivity contribution < 1.29 is 24.2 Å². The number of aromatic carboxylic acids is 1. The molecule has 1 saturated carbocycles. The first kappa shape index (κ1) is 17.3. The van der Waals surface area contributed by atoms with Crippen molar-refractivity contribution >= 4 is 23.5 Å². The highest BCUT2D eigenvalue weighted by Crippen LogP contribution is 2.33. The second kappa shape index (κ2) is 7.13. The average molecular weight is 346 g/mol. The summed E-state index contributed by atoms with van der Waals surface area (Å²) in [6, 6.07) is 4.50. The Morgan fingerprint density at radius 1 is 1.20 bits per heavy atom. The number of carbonyl (C=O) groups is 3. The number of hydrogen-bond acceptors (Lipinski definition) is 4. The van der Waals surface area contributed by atoms with Crippen LogP contribution in [-0.2, 0) is 9.59 Å². The van der Waals surface area contributed by atoms with Crippen LogP contribution in [0.25, 0.3) is 0 Å². The highest BCUT2D eigenvalue weighted by molar-refractivity contribution is 6.01. The third-order valence-corrected chi connectivity index (χ3v) is 4.75. The summed E-state index contributed by atoms with van der Waals surface area (Å²) in [5.74, 6) is -1.01. The molecule has 0 radical (unpaired) electrons. The minimum atomic E-state index is -1.14. The maximum Gasteiger partial charge on any atom is 0.337 e. The van der Waals surface area contributed by atoms with E-state index in [0.717, 1.165) is 19.3 Å². The highest BCUT2D eigenvalue weighted by Gasteiger charge is 2.36. The molecule has 1 aliphatic carbocycles. The first-order valence-electron chi connectivity index (χ1n) is 8.50. The number of carboxylic acids is 1. The number of ether oxygens (including phenoxy) is 1. The molecule has 1 aromatic rings. The zero-order valence-electron chi connectivity index (χ0n) is 14.2. The summed E-state index contributed by atoms with van der Waals surface area (Å²) >= 11 is 0. The number of hydrogen-bond donors (Lipinski definition) is 2. The van der Waals surface area contributed by atoms with Crippen molar-refractivity contribution in [3.63, 3.8) is 0 Å². The summed E-state index contributed by atoms with van der Waals surface area (Å²) in [6.07, 6.45) is 3.36. The van der Waals surface area contributed by atoms with Gasteiger partial charge in [0.1, 0.15) is 5.75 Å². The number of methoxy groups -OCH3 is 1. The molecule has 1 atom stereocenters. The number of benzene rings is 1. The number of anilines is 1. The molecule has 1 aliphatic heterocycles. The Balaban J connectivity index is 1.69. The van der Waals surface area contributed by atoms with Crippen LogP contribution in [-0.4, -0.2) is 48.0 Å². The predicted octanol–water partition coefficient (Wildman–Crippen LogP) is 1.98. The molecule has 2 N–H and O–H groups in total. The fourth-order valence-electron chi connectivity index (χ4n) is 3.15. The molecule has 0 bridgehead atoms. The van der Waals surface area contributed by atoms with Crippen LogP contribution in [0.2, 0.25) is 0 Å². The van der Waals surface area contributed by atoms with Crippen molar-refractivity contribution in [1.29, 1.82) is 0 Å². The van der Waals surface area contributed by atoms with E-state index in [1.165, 1.54) is 19.2 Å². The van der Waals surface area contributed by atoms with E-state index in [4.69, 9.17) is 4.74 Å². The van der Waals surface area contributed by atoms with Gasteiger partial charge in [0.2, 0.25) is 11.8 Å². The molecule has 1 unspecified atom stereocenters. The number of piperidine rings is 1. The molecule has 1 heterocycles. The van der Waals surface area contributed by atoms with Crippen molar-refractivity contribution in [1.82, 2.24) is 4.90 Å². The number of nitrogens with one attached hydrogen (secondary N) is 1. The van der Waals surface area contributed by atoms with Crippen LogP contribution in [0.4, 0.5) is 5.69 Å². The smallest absolute Gasteiger partial charge is 0.337 e. The molecule has 7 heteroatoms.